The third-order valence-corrected chi connectivity index (χ3v) is 6.81. The molecule has 6 nitrogen and oxygen atoms in total. The molecule has 0 fully saturated rings. The Bertz CT molecular complexity index is 1130. The van der Waals surface area contributed by atoms with Crippen molar-refractivity contribution in [2.24, 2.45) is 7.05 Å². The van der Waals surface area contributed by atoms with E-state index in [9.17, 15) is 21.6 Å². The van der Waals surface area contributed by atoms with Crippen LogP contribution in [0.5, 0.6) is 0 Å². The fraction of sp³-hybridized carbons (Fsp3) is 0.263. The van der Waals surface area contributed by atoms with Crippen molar-refractivity contribution in [3.63, 3.8) is 0 Å². The number of rotatable bonds is 7. The van der Waals surface area contributed by atoms with E-state index in [-0.39, 0.29) is 17.2 Å². The van der Waals surface area contributed by atoms with Crippen molar-refractivity contribution in [1.82, 2.24) is 19.5 Å². The van der Waals surface area contributed by atoms with E-state index in [0.29, 0.717) is 16.5 Å². The van der Waals surface area contributed by atoms with Gasteiger partial charge < -0.3 is 4.57 Å². The molecule has 0 aliphatic heterocycles. The van der Waals surface area contributed by atoms with Gasteiger partial charge in [-0.3, -0.25) is 0 Å². The highest BCUT2D eigenvalue weighted by Gasteiger charge is 2.30. The van der Waals surface area contributed by atoms with E-state index in [4.69, 9.17) is 0 Å². The minimum atomic E-state index is -4.40. The van der Waals surface area contributed by atoms with Crippen LogP contribution in [0, 0.1) is 6.92 Å². The van der Waals surface area contributed by atoms with Crippen LogP contribution in [0.15, 0.2) is 58.6 Å². The molecular formula is C19H19F3N4O2S2. The highest BCUT2D eigenvalue weighted by molar-refractivity contribution is 7.98. The Morgan fingerprint density at radius 1 is 1.10 bits per heavy atom. The molecule has 0 atom stereocenters. The predicted octanol–water partition coefficient (Wildman–Crippen LogP) is 3.91. The average molecular weight is 457 g/mol. The number of halogens is 3. The molecule has 0 saturated carbocycles. The summed E-state index contributed by atoms with van der Waals surface area (Å²) < 4.78 is 67.4. The first-order valence-electron chi connectivity index (χ1n) is 8.80. The summed E-state index contributed by atoms with van der Waals surface area (Å²) in [4.78, 5) is 0.148. The maximum absolute atomic E-state index is 12.8. The second-order valence-electron chi connectivity index (χ2n) is 6.58. The summed E-state index contributed by atoms with van der Waals surface area (Å²) in [6.45, 7) is 1.80. The summed E-state index contributed by atoms with van der Waals surface area (Å²) in [7, 11) is -2.03. The van der Waals surface area contributed by atoms with Crippen molar-refractivity contribution >= 4 is 21.8 Å². The largest absolute Gasteiger partial charge is 0.416 e. The van der Waals surface area contributed by atoms with Crippen LogP contribution in [0.2, 0.25) is 0 Å². The Kier molecular flexibility index (Phi) is 6.53. The maximum atomic E-state index is 12.8. The van der Waals surface area contributed by atoms with Crippen LogP contribution in [-0.2, 0) is 35.5 Å². The van der Waals surface area contributed by atoms with Gasteiger partial charge in [0.1, 0.15) is 5.82 Å². The van der Waals surface area contributed by atoms with Gasteiger partial charge in [-0.25, -0.2) is 13.1 Å². The molecule has 0 unspecified atom stereocenters. The molecule has 1 N–H and O–H groups in total. The van der Waals surface area contributed by atoms with Crippen LogP contribution in [0.1, 0.15) is 22.5 Å². The second kappa shape index (κ2) is 8.78. The highest BCUT2D eigenvalue weighted by atomic mass is 32.2. The number of hydrogen-bond donors (Lipinski definition) is 1. The van der Waals surface area contributed by atoms with Gasteiger partial charge in [0.15, 0.2) is 5.16 Å². The fourth-order valence-electron chi connectivity index (χ4n) is 2.57. The topological polar surface area (TPSA) is 76.9 Å². The summed E-state index contributed by atoms with van der Waals surface area (Å²) in [6.07, 6.45) is -4.40. The first-order chi connectivity index (χ1) is 14.1. The molecule has 11 heteroatoms. The normalized spacial score (nSPS) is 12.3. The lowest BCUT2D eigenvalue weighted by atomic mass is 10.1. The molecule has 160 valence electrons. The van der Waals surface area contributed by atoms with E-state index in [1.165, 1.54) is 30.0 Å². The van der Waals surface area contributed by atoms with Gasteiger partial charge in [-0.15, -0.1) is 10.2 Å². The lowest BCUT2D eigenvalue weighted by molar-refractivity contribution is -0.137. The number of benzene rings is 2. The number of hydrogen-bond acceptors (Lipinski definition) is 5. The maximum Gasteiger partial charge on any atom is 0.416 e. The Morgan fingerprint density at radius 2 is 1.80 bits per heavy atom. The Labute approximate surface area is 176 Å². The Balaban J connectivity index is 1.64. The Morgan fingerprint density at radius 3 is 2.47 bits per heavy atom. The minimum absolute atomic E-state index is 0.0656. The van der Waals surface area contributed by atoms with E-state index < -0.39 is 21.8 Å². The first kappa shape index (κ1) is 22.3. The molecular weight excluding hydrogens is 437 g/mol. The fourth-order valence-corrected chi connectivity index (χ4v) is 4.42. The highest BCUT2D eigenvalue weighted by Crippen LogP contribution is 2.31. The minimum Gasteiger partial charge on any atom is -0.308 e. The molecule has 30 heavy (non-hydrogen) atoms. The molecule has 0 aliphatic carbocycles. The second-order valence-corrected chi connectivity index (χ2v) is 9.29. The molecule has 1 heterocycles. The van der Waals surface area contributed by atoms with Crippen LogP contribution in [0.3, 0.4) is 0 Å². The van der Waals surface area contributed by atoms with Gasteiger partial charge in [0, 0.05) is 12.8 Å². The molecule has 0 saturated heterocycles. The quantitative estimate of drug-likeness (QED) is 0.546. The zero-order valence-corrected chi connectivity index (χ0v) is 17.8. The average Bonchev–Trinajstić information content (AvgIpc) is 3.04. The molecule has 1 aromatic heterocycles. The van der Waals surface area contributed by atoms with Crippen molar-refractivity contribution in [1.29, 1.82) is 0 Å². The number of alkyl halides is 3. The number of aryl methyl sites for hydroxylation is 1. The number of sulfonamides is 1. The molecule has 0 aliphatic rings. The lowest BCUT2D eigenvalue weighted by Gasteiger charge is -2.09. The van der Waals surface area contributed by atoms with Crippen molar-refractivity contribution in [3.05, 3.63) is 71.0 Å². The predicted molar refractivity (Wildman–Crippen MR) is 107 cm³/mol. The summed E-state index contributed by atoms with van der Waals surface area (Å²) >= 11 is 1.22. The molecule has 3 rings (SSSR count). The van der Waals surface area contributed by atoms with Crippen LogP contribution in [-0.4, -0.2) is 23.2 Å². The Hall–Kier alpha value is -2.37. The smallest absolute Gasteiger partial charge is 0.308 e. The molecule has 0 amide bonds. The monoisotopic (exact) mass is 456 g/mol. The first-order valence-corrected chi connectivity index (χ1v) is 11.3. The van der Waals surface area contributed by atoms with E-state index >= 15 is 0 Å². The summed E-state index contributed by atoms with van der Waals surface area (Å²) in [5.74, 6) is 0.655. The van der Waals surface area contributed by atoms with E-state index in [2.05, 4.69) is 14.9 Å². The van der Waals surface area contributed by atoms with Gasteiger partial charge in [0.05, 0.1) is 17.0 Å². The van der Waals surface area contributed by atoms with Crippen LogP contribution in [0.25, 0.3) is 0 Å². The van der Waals surface area contributed by atoms with Gasteiger partial charge in [0.2, 0.25) is 10.0 Å². The molecule has 0 spiro atoms. The van der Waals surface area contributed by atoms with E-state index in [0.717, 1.165) is 17.7 Å². The summed E-state index contributed by atoms with van der Waals surface area (Å²) in [6, 6.07) is 11.5. The van der Waals surface area contributed by atoms with Crippen molar-refractivity contribution in [2.45, 2.75) is 35.4 Å². The number of aromatic nitrogens is 3. The molecule has 2 aromatic carbocycles. The summed E-state index contributed by atoms with van der Waals surface area (Å²) in [5, 5.41) is 8.46. The van der Waals surface area contributed by atoms with Gasteiger partial charge >= 0.3 is 6.18 Å². The van der Waals surface area contributed by atoms with E-state index in [1.54, 1.807) is 29.8 Å². The third kappa shape index (κ3) is 5.41. The van der Waals surface area contributed by atoms with Crippen LogP contribution in [0.4, 0.5) is 13.2 Å². The number of nitrogens with zero attached hydrogens (tertiary/aromatic N) is 3. The van der Waals surface area contributed by atoms with E-state index in [1.807, 2.05) is 6.92 Å². The number of nitrogens with one attached hydrogen (secondary N) is 1. The molecule has 0 bridgehead atoms. The SMILES string of the molecule is Cc1ccc(S(=O)(=O)NCc2nnc(SCc3cccc(C(F)(F)F)c3)n2C)cc1. The van der Waals surface area contributed by atoms with Crippen molar-refractivity contribution in [3.8, 4) is 0 Å². The molecule has 0 radical (unpaired) electrons. The van der Waals surface area contributed by atoms with Crippen LogP contribution >= 0.6 is 11.8 Å². The zero-order valence-electron chi connectivity index (χ0n) is 16.1. The van der Waals surface area contributed by atoms with Crippen molar-refractivity contribution < 1.29 is 21.6 Å². The summed E-state index contributed by atoms with van der Waals surface area (Å²) in [5.41, 5.74) is 0.744. The van der Waals surface area contributed by atoms with Gasteiger partial charge in [0.25, 0.3) is 0 Å². The van der Waals surface area contributed by atoms with Crippen LogP contribution < -0.4 is 4.72 Å². The zero-order chi connectivity index (χ0) is 21.9. The number of thioether (sulfide) groups is 1. The van der Waals surface area contributed by atoms with Gasteiger partial charge in [-0.1, -0.05) is 47.7 Å². The third-order valence-electron chi connectivity index (χ3n) is 4.30. The standard InChI is InChI=1S/C19H19F3N4O2S2/c1-13-6-8-16(9-7-13)30(27,28)23-11-17-24-25-18(26(17)2)29-12-14-4-3-5-15(10-14)19(20,21)22/h3-10,23H,11-12H2,1-2H3. The van der Waals surface area contributed by atoms with Crippen molar-refractivity contribution in [2.75, 3.05) is 0 Å². The lowest BCUT2D eigenvalue weighted by Crippen LogP contribution is -2.24. The van der Waals surface area contributed by atoms with Gasteiger partial charge in [-0.2, -0.15) is 13.2 Å². The van der Waals surface area contributed by atoms with Gasteiger partial charge in [-0.05, 0) is 30.7 Å². The molecule has 3 aromatic rings.